The van der Waals surface area contributed by atoms with Gasteiger partial charge < -0.3 is 30.3 Å². The molecule has 2 aliphatic rings. The standard InChI is InChI=1S/C35H64ClFN2O6S/c1-4-5-6-7-8-9-10-11-12-13-14-15-16-19-28(40)44-33-31(42)30(41)32(45-35(33)46-3)29(25(2)36)39-34(43)27-21-20-26(18-17-23-37)22-24-38-27/h25-27,29-33,35,38,41-42H,4-24H2,1-3H3,(H,39,43)/t25-,26-,27-,29+,30+,31-,32+,33+,35+/m0/s1. The summed E-state index contributed by atoms with van der Waals surface area (Å²) in [4.78, 5) is 26.0. The molecular formula is C35H64ClFN2O6S. The summed E-state index contributed by atoms with van der Waals surface area (Å²) >= 11 is 7.78. The number of nitrogens with one attached hydrogen (secondary N) is 2. The van der Waals surface area contributed by atoms with Gasteiger partial charge in [0, 0.05) is 6.42 Å². The van der Waals surface area contributed by atoms with Crippen molar-refractivity contribution in [2.45, 2.75) is 183 Å². The van der Waals surface area contributed by atoms with Gasteiger partial charge >= 0.3 is 5.97 Å². The Morgan fingerprint density at radius 2 is 1.57 bits per heavy atom. The number of hydrogen-bond acceptors (Lipinski definition) is 8. The lowest BCUT2D eigenvalue weighted by Gasteiger charge is -2.45. The molecule has 0 bridgehead atoms. The Bertz CT molecular complexity index is 828. The zero-order valence-corrected chi connectivity index (χ0v) is 30.3. The summed E-state index contributed by atoms with van der Waals surface area (Å²) in [5.41, 5.74) is -0.735. The number of ether oxygens (including phenoxy) is 2. The average molecular weight is 695 g/mol. The predicted molar refractivity (Wildman–Crippen MR) is 186 cm³/mol. The van der Waals surface area contributed by atoms with Crippen molar-refractivity contribution < 1.29 is 33.7 Å². The van der Waals surface area contributed by atoms with Gasteiger partial charge in [0.05, 0.1) is 24.1 Å². The minimum Gasteiger partial charge on any atom is -0.456 e. The minimum atomic E-state index is -1.42. The molecule has 0 aromatic heterocycles. The Balaban J connectivity index is 1.76. The third-order valence-corrected chi connectivity index (χ3v) is 10.7. The monoisotopic (exact) mass is 694 g/mol. The number of alkyl halides is 2. The second-order valence-corrected chi connectivity index (χ2v) is 15.0. The fraction of sp³-hybridized carbons (Fsp3) is 0.943. The molecule has 2 saturated heterocycles. The maximum Gasteiger partial charge on any atom is 0.306 e. The SMILES string of the molecule is CCCCCCCCCCCCCCCC(=O)O[C@@H]1[C@@H](O)[C@@H](O)[C@@H]([C@H](NC(=O)[C@@H]2CC[C@H](CCCF)CCN2)[C@H](C)Cl)O[C@@H]1SC. The molecule has 0 aliphatic carbocycles. The Morgan fingerprint density at radius 3 is 2.13 bits per heavy atom. The van der Waals surface area contributed by atoms with Crippen LogP contribution in [0, 0.1) is 5.92 Å². The first kappa shape index (κ1) is 41.5. The van der Waals surface area contributed by atoms with E-state index in [0.29, 0.717) is 25.3 Å². The molecule has 4 N–H and O–H groups in total. The van der Waals surface area contributed by atoms with E-state index in [1.165, 1.54) is 76.0 Å². The van der Waals surface area contributed by atoms with E-state index in [2.05, 4.69) is 17.6 Å². The lowest BCUT2D eigenvalue weighted by molar-refractivity contribution is -0.218. The first-order chi connectivity index (χ1) is 22.2. The van der Waals surface area contributed by atoms with Crippen molar-refractivity contribution in [3.8, 4) is 0 Å². The van der Waals surface area contributed by atoms with Gasteiger partial charge in [-0.1, -0.05) is 84.0 Å². The van der Waals surface area contributed by atoms with Gasteiger partial charge in [0.15, 0.2) is 6.10 Å². The van der Waals surface area contributed by atoms with Crippen molar-refractivity contribution in [2.75, 3.05) is 19.5 Å². The largest absolute Gasteiger partial charge is 0.456 e. The fourth-order valence-corrected chi connectivity index (χ4v) is 7.61. The maximum atomic E-state index is 13.3. The molecule has 8 nitrogen and oxygen atoms in total. The molecule has 0 unspecified atom stereocenters. The van der Waals surface area contributed by atoms with E-state index in [9.17, 15) is 24.2 Å². The highest BCUT2D eigenvalue weighted by Crippen LogP contribution is 2.33. The molecule has 46 heavy (non-hydrogen) atoms. The summed E-state index contributed by atoms with van der Waals surface area (Å²) in [5.74, 6) is -0.282. The summed E-state index contributed by atoms with van der Waals surface area (Å²) in [6, 6.07) is -1.22. The molecule has 1 amide bonds. The van der Waals surface area contributed by atoms with Crippen LogP contribution >= 0.6 is 23.4 Å². The van der Waals surface area contributed by atoms with E-state index in [1.54, 1.807) is 13.2 Å². The van der Waals surface area contributed by atoms with Crippen LogP contribution < -0.4 is 10.6 Å². The van der Waals surface area contributed by atoms with E-state index >= 15 is 0 Å². The number of aliphatic hydroxyl groups is 2. The average Bonchev–Trinajstić information content (AvgIpc) is 3.29. The Hall–Kier alpha value is -0.650. The zero-order valence-electron chi connectivity index (χ0n) is 28.7. The topological polar surface area (TPSA) is 117 Å². The molecule has 2 rings (SSSR count). The Kier molecular flexibility index (Phi) is 22.1. The highest BCUT2D eigenvalue weighted by Gasteiger charge is 2.50. The number of amides is 1. The lowest BCUT2D eigenvalue weighted by Crippen LogP contribution is -2.65. The molecule has 2 aliphatic heterocycles. The second-order valence-electron chi connectivity index (χ2n) is 13.4. The normalized spacial score (nSPS) is 28.3. The smallest absolute Gasteiger partial charge is 0.306 e. The van der Waals surface area contributed by atoms with Crippen LogP contribution in [0.25, 0.3) is 0 Å². The van der Waals surface area contributed by atoms with Crippen LogP contribution in [0.2, 0.25) is 0 Å². The van der Waals surface area contributed by atoms with Crippen molar-refractivity contribution in [3.05, 3.63) is 0 Å². The first-order valence-electron chi connectivity index (χ1n) is 18.2. The van der Waals surface area contributed by atoms with Gasteiger partial charge in [0.25, 0.3) is 0 Å². The highest BCUT2D eigenvalue weighted by molar-refractivity contribution is 7.99. The molecule has 9 atom stereocenters. The van der Waals surface area contributed by atoms with Crippen molar-refractivity contribution in [3.63, 3.8) is 0 Å². The lowest BCUT2D eigenvalue weighted by atomic mass is 9.92. The maximum absolute atomic E-state index is 13.3. The first-order valence-corrected chi connectivity index (χ1v) is 19.9. The van der Waals surface area contributed by atoms with Crippen molar-refractivity contribution >= 4 is 35.2 Å². The van der Waals surface area contributed by atoms with Crippen molar-refractivity contribution in [1.82, 2.24) is 10.6 Å². The Labute approximate surface area is 287 Å². The number of rotatable bonds is 23. The number of carbonyl (C=O) groups excluding carboxylic acids is 2. The van der Waals surface area contributed by atoms with Gasteiger partial charge in [-0.3, -0.25) is 14.0 Å². The van der Waals surface area contributed by atoms with Crippen LogP contribution in [0.5, 0.6) is 0 Å². The zero-order chi connectivity index (χ0) is 33.7. The Morgan fingerprint density at radius 1 is 0.957 bits per heavy atom. The number of unbranched alkanes of at least 4 members (excludes halogenated alkanes) is 12. The predicted octanol–water partition coefficient (Wildman–Crippen LogP) is 6.81. The van der Waals surface area contributed by atoms with Crippen LogP contribution in [-0.4, -0.2) is 88.9 Å². The van der Waals surface area contributed by atoms with Gasteiger partial charge in [-0.2, -0.15) is 0 Å². The third-order valence-electron chi connectivity index (χ3n) is 9.59. The van der Waals surface area contributed by atoms with Crippen LogP contribution in [0.3, 0.4) is 0 Å². The summed E-state index contributed by atoms with van der Waals surface area (Å²) in [6.07, 6.45) is 16.7. The van der Waals surface area contributed by atoms with Crippen LogP contribution in [0.4, 0.5) is 4.39 Å². The van der Waals surface area contributed by atoms with E-state index < -0.39 is 53.3 Å². The number of halogens is 2. The molecule has 0 spiro atoms. The number of carbonyl (C=O) groups is 2. The van der Waals surface area contributed by atoms with E-state index in [1.807, 2.05) is 0 Å². The number of aliphatic hydroxyl groups excluding tert-OH is 2. The van der Waals surface area contributed by atoms with Crippen LogP contribution in [0.15, 0.2) is 0 Å². The summed E-state index contributed by atoms with van der Waals surface area (Å²) in [6.45, 7) is 4.29. The van der Waals surface area contributed by atoms with Gasteiger partial charge in [-0.25, -0.2) is 0 Å². The summed E-state index contributed by atoms with van der Waals surface area (Å²) in [5, 5.41) is 27.8. The van der Waals surface area contributed by atoms with Gasteiger partial charge in [0.2, 0.25) is 5.91 Å². The molecule has 2 fully saturated rings. The molecule has 11 heteroatoms. The highest BCUT2D eigenvalue weighted by atomic mass is 35.5. The van der Waals surface area contributed by atoms with E-state index in [0.717, 1.165) is 38.5 Å². The quantitative estimate of drug-likeness (QED) is 0.0524. The fourth-order valence-electron chi connectivity index (χ4n) is 6.68. The minimum absolute atomic E-state index is 0.249. The molecule has 0 saturated carbocycles. The number of esters is 1. The summed E-state index contributed by atoms with van der Waals surface area (Å²) in [7, 11) is 0. The van der Waals surface area contributed by atoms with E-state index in [4.69, 9.17) is 21.1 Å². The van der Waals surface area contributed by atoms with E-state index in [-0.39, 0.29) is 19.0 Å². The third kappa shape index (κ3) is 15.3. The van der Waals surface area contributed by atoms with Crippen LogP contribution in [0.1, 0.15) is 136 Å². The van der Waals surface area contributed by atoms with Gasteiger partial charge in [0.1, 0.15) is 23.7 Å². The summed E-state index contributed by atoms with van der Waals surface area (Å²) < 4.78 is 24.5. The number of thioether (sulfide) groups is 1. The van der Waals surface area contributed by atoms with Gasteiger partial charge in [-0.05, 0) is 64.2 Å². The van der Waals surface area contributed by atoms with Crippen LogP contribution in [-0.2, 0) is 19.1 Å². The molecule has 0 aromatic rings. The molecule has 0 radical (unpaired) electrons. The molecular weight excluding hydrogens is 631 g/mol. The van der Waals surface area contributed by atoms with Crippen molar-refractivity contribution in [1.29, 1.82) is 0 Å². The molecule has 0 aromatic carbocycles. The molecule has 2 heterocycles. The van der Waals surface area contributed by atoms with Crippen molar-refractivity contribution in [2.24, 2.45) is 5.92 Å². The van der Waals surface area contributed by atoms with Gasteiger partial charge in [-0.15, -0.1) is 23.4 Å². The molecule has 270 valence electrons. The number of hydrogen-bond donors (Lipinski definition) is 4. The second kappa shape index (κ2) is 24.5.